The molecule has 1 aromatic carbocycles. The van der Waals surface area contributed by atoms with E-state index in [1.807, 2.05) is 56.6 Å². The van der Waals surface area contributed by atoms with E-state index in [-0.39, 0.29) is 11.5 Å². The number of benzene rings is 1. The highest BCUT2D eigenvalue weighted by molar-refractivity contribution is 6.06. The number of carboxylic acids is 1. The van der Waals surface area contributed by atoms with Gasteiger partial charge in [-0.15, -0.1) is 0 Å². The van der Waals surface area contributed by atoms with Crippen molar-refractivity contribution in [3.63, 3.8) is 0 Å². The molecule has 0 aliphatic carbocycles. The number of anilines is 2. The molecule has 0 spiro atoms. The predicted molar refractivity (Wildman–Crippen MR) is 125 cm³/mol. The molecule has 0 radical (unpaired) electrons. The molecule has 0 unspecified atom stereocenters. The topological polar surface area (TPSA) is 100 Å². The van der Waals surface area contributed by atoms with Crippen LogP contribution >= 0.6 is 0 Å². The summed E-state index contributed by atoms with van der Waals surface area (Å²) in [5.41, 5.74) is 5.15. The van der Waals surface area contributed by atoms with Crippen molar-refractivity contribution in [3.05, 3.63) is 70.2 Å². The molecule has 0 bridgehead atoms. The average Bonchev–Trinajstić information content (AvgIpc) is 2.99. The summed E-state index contributed by atoms with van der Waals surface area (Å²) in [7, 11) is 3.75. The molecule has 0 aliphatic rings. The quantitative estimate of drug-likeness (QED) is 0.559. The lowest BCUT2D eigenvalue weighted by molar-refractivity contribution is 0.0696. The number of aromatic carboxylic acids is 1. The summed E-state index contributed by atoms with van der Waals surface area (Å²) in [6, 6.07) is 8.67. The van der Waals surface area contributed by atoms with Crippen LogP contribution in [0.2, 0.25) is 0 Å². The summed E-state index contributed by atoms with van der Waals surface area (Å²) in [5.74, 6) is -1.03. The van der Waals surface area contributed by atoms with Crippen molar-refractivity contribution in [2.75, 3.05) is 23.8 Å². The third kappa shape index (κ3) is 4.96. The number of aryl methyl sites for hydroxylation is 3. The second-order valence-corrected chi connectivity index (χ2v) is 7.97. The highest BCUT2D eigenvalue weighted by Gasteiger charge is 2.18. The zero-order chi connectivity index (χ0) is 23.4. The number of hydrogen-bond acceptors (Lipinski definition) is 5. The molecular weight excluding hydrogens is 406 g/mol. The van der Waals surface area contributed by atoms with Gasteiger partial charge in [-0.3, -0.25) is 9.48 Å². The van der Waals surface area contributed by atoms with Crippen LogP contribution < -0.4 is 10.2 Å². The Morgan fingerprint density at radius 3 is 2.50 bits per heavy atom. The maximum Gasteiger partial charge on any atom is 0.339 e. The van der Waals surface area contributed by atoms with E-state index in [9.17, 15) is 14.7 Å². The molecule has 1 amide bonds. The van der Waals surface area contributed by atoms with Gasteiger partial charge in [0.25, 0.3) is 5.91 Å². The number of rotatable bonds is 8. The molecule has 8 heteroatoms. The fraction of sp³-hybridized carbons (Fsp3) is 0.333. The summed E-state index contributed by atoms with van der Waals surface area (Å²) in [4.78, 5) is 30.6. The minimum atomic E-state index is -1.09. The zero-order valence-corrected chi connectivity index (χ0v) is 19.1. The molecule has 3 aromatic rings. The smallest absolute Gasteiger partial charge is 0.339 e. The average molecular weight is 436 g/mol. The van der Waals surface area contributed by atoms with Crippen LogP contribution in [-0.2, 0) is 13.5 Å². The number of nitrogens with one attached hydrogen (secondary N) is 1. The Bertz CT molecular complexity index is 1150. The van der Waals surface area contributed by atoms with Gasteiger partial charge in [-0.1, -0.05) is 18.2 Å². The highest BCUT2D eigenvalue weighted by Crippen LogP contribution is 2.22. The van der Waals surface area contributed by atoms with E-state index in [4.69, 9.17) is 0 Å². The maximum absolute atomic E-state index is 12.6. The summed E-state index contributed by atoms with van der Waals surface area (Å²) in [5, 5.41) is 16.9. The van der Waals surface area contributed by atoms with Crippen LogP contribution in [0.3, 0.4) is 0 Å². The van der Waals surface area contributed by atoms with E-state index in [1.165, 1.54) is 17.8 Å². The molecule has 8 nitrogen and oxygen atoms in total. The number of hydrogen-bond donors (Lipinski definition) is 2. The molecule has 32 heavy (non-hydrogen) atoms. The fourth-order valence-electron chi connectivity index (χ4n) is 3.79. The van der Waals surface area contributed by atoms with Crippen LogP contribution in [0.15, 0.2) is 36.5 Å². The monoisotopic (exact) mass is 435 g/mol. The third-order valence-corrected chi connectivity index (χ3v) is 5.69. The van der Waals surface area contributed by atoms with Crippen LogP contribution in [0.5, 0.6) is 0 Å². The molecule has 0 aliphatic heterocycles. The van der Waals surface area contributed by atoms with E-state index < -0.39 is 5.97 Å². The van der Waals surface area contributed by atoms with Gasteiger partial charge in [-0.2, -0.15) is 5.10 Å². The number of carbonyl (C=O) groups excluding carboxylic acids is 1. The SMILES string of the molecule is Cc1ccccc1C(=O)Nc1cnc(N(C)CCCc2c(C)nn(C)c2C)c(C(=O)O)c1. The zero-order valence-electron chi connectivity index (χ0n) is 19.1. The van der Waals surface area contributed by atoms with Gasteiger partial charge >= 0.3 is 5.97 Å². The Labute approximate surface area is 187 Å². The maximum atomic E-state index is 12.6. The first-order valence-corrected chi connectivity index (χ1v) is 10.5. The Balaban J connectivity index is 1.72. The number of aromatic nitrogens is 3. The molecule has 0 saturated carbocycles. The Morgan fingerprint density at radius 1 is 1.16 bits per heavy atom. The summed E-state index contributed by atoms with van der Waals surface area (Å²) >= 11 is 0. The van der Waals surface area contributed by atoms with Crippen LogP contribution in [0, 0.1) is 20.8 Å². The van der Waals surface area contributed by atoms with Crippen molar-refractivity contribution in [2.24, 2.45) is 7.05 Å². The van der Waals surface area contributed by atoms with Gasteiger partial charge in [0, 0.05) is 31.9 Å². The summed E-state index contributed by atoms with van der Waals surface area (Å²) in [6.45, 7) is 6.53. The van der Waals surface area contributed by atoms with E-state index in [0.29, 0.717) is 23.6 Å². The van der Waals surface area contributed by atoms with Crippen LogP contribution in [0.25, 0.3) is 0 Å². The largest absolute Gasteiger partial charge is 0.478 e. The first kappa shape index (κ1) is 23.0. The van der Waals surface area contributed by atoms with E-state index >= 15 is 0 Å². The number of carboxylic acid groups (broad SMARTS) is 1. The van der Waals surface area contributed by atoms with Gasteiger partial charge in [0.15, 0.2) is 0 Å². The summed E-state index contributed by atoms with van der Waals surface area (Å²) in [6.07, 6.45) is 3.17. The second-order valence-electron chi connectivity index (χ2n) is 7.97. The normalized spacial score (nSPS) is 10.8. The lowest BCUT2D eigenvalue weighted by Gasteiger charge is -2.20. The minimum absolute atomic E-state index is 0.0452. The van der Waals surface area contributed by atoms with Gasteiger partial charge in [0.05, 0.1) is 17.6 Å². The van der Waals surface area contributed by atoms with Gasteiger partial charge in [-0.25, -0.2) is 9.78 Å². The molecule has 0 fully saturated rings. The van der Waals surface area contributed by atoms with Crippen molar-refractivity contribution in [2.45, 2.75) is 33.6 Å². The van der Waals surface area contributed by atoms with Gasteiger partial charge in [-0.05, 0) is 56.9 Å². The molecule has 2 aromatic heterocycles. The number of nitrogens with zero attached hydrogens (tertiary/aromatic N) is 4. The van der Waals surface area contributed by atoms with Gasteiger partial charge in [0.1, 0.15) is 11.4 Å². The minimum Gasteiger partial charge on any atom is -0.478 e. The molecule has 2 heterocycles. The Morgan fingerprint density at radius 2 is 1.88 bits per heavy atom. The number of carbonyl (C=O) groups is 2. The van der Waals surface area contributed by atoms with Crippen molar-refractivity contribution >= 4 is 23.4 Å². The third-order valence-electron chi connectivity index (χ3n) is 5.69. The van der Waals surface area contributed by atoms with Crippen molar-refractivity contribution in [1.29, 1.82) is 0 Å². The van der Waals surface area contributed by atoms with Crippen LogP contribution in [0.1, 0.15) is 49.7 Å². The van der Waals surface area contributed by atoms with E-state index in [1.54, 1.807) is 12.1 Å². The molecule has 0 atom stereocenters. The molecular formula is C24H29N5O3. The highest BCUT2D eigenvalue weighted by atomic mass is 16.4. The van der Waals surface area contributed by atoms with Gasteiger partial charge in [0.2, 0.25) is 0 Å². The number of pyridine rings is 1. The Kier molecular flexibility index (Phi) is 6.92. The van der Waals surface area contributed by atoms with Crippen LogP contribution in [0.4, 0.5) is 11.5 Å². The Hall–Kier alpha value is -3.68. The molecule has 2 N–H and O–H groups in total. The van der Waals surface area contributed by atoms with Crippen molar-refractivity contribution in [1.82, 2.24) is 14.8 Å². The van der Waals surface area contributed by atoms with Crippen molar-refractivity contribution in [3.8, 4) is 0 Å². The van der Waals surface area contributed by atoms with Gasteiger partial charge < -0.3 is 15.3 Å². The molecule has 168 valence electrons. The lowest BCUT2D eigenvalue weighted by Crippen LogP contribution is -2.23. The molecule has 3 rings (SSSR count). The fourth-order valence-corrected chi connectivity index (χ4v) is 3.79. The second kappa shape index (κ2) is 9.64. The number of amides is 1. The standard InChI is InChI=1S/C24H29N5O3/c1-15-9-6-7-10-19(15)23(30)26-18-13-21(24(31)32)22(25-14-18)28(4)12-8-11-20-16(2)27-29(5)17(20)3/h6-7,9-10,13-14H,8,11-12H2,1-5H3,(H,26,30)(H,31,32). The molecule has 0 saturated heterocycles. The summed E-state index contributed by atoms with van der Waals surface area (Å²) < 4.78 is 1.88. The lowest BCUT2D eigenvalue weighted by atomic mass is 10.1. The van der Waals surface area contributed by atoms with E-state index in [0.717, 1.165) is 29.8 Å². The predicted octanol–water partition coefficient (Wildman–Crippen LogP) is 3.76. The van der Waals surface area contributed by atoms with E-state index in [2.05, 4.69) is 15.4 Å². The first-order valence-electron chi connectivity index (χ1n) is 10.5. The van der Waals surface area contributed by atoms with Crippen molar-refractivity contribution < 1.29 is 14.7 Å². The first-order chi connectivity index (χ1) is 15.2. The van der Waals surface area contributed by atoms with Crippen LogP contribution in [-0.4, -0.2) is 45.3 Å².